The second kappa shape index (κ2) is 26.6. The van der Waals surface area contributed by atoms with Crippen molar-refractivity contribution in [2.45, 2.75) is 139 Å². The van der Waals surface area contributed by atoms with Crippen molar-refractivity contribution in [2.24, 2.45) is 0 Å². The van der Waals surface area contributed by atoms with Crippen LogP contribution in [0.15, 0.2) is 97.1 Å². The van der Waals surface area contributed by atoms with E-state index in [4.69, 9.17) is 4.74 Å². The Morgan fingerprint density at radius 1 is 0.701 bits per heavy atom. The van der Waals surface area contributed by atoms with Crippen LogP contribution in [0.3, 0.4) is 0 Å². The summed E-state index contributed by atoms with van der Waals surface area (Å²) in [6, 6.07) is 19.7. The van der Waals surface area contributed by atoms with Gasteiger partial charge in [0.15, 0.2) is 0 Å². The maximum atomic E-state index is 14.4. The number of phenolic OH excluding ortho intramolecular Hbond substituents is 1. The standard InChI is InChI=1S/C57H71N7O13/c1-4-5-6-30-77-43-24-20-39(21-25-43)37-14-12-36(13-15-37)38-16-18-40(19-17-38)51(70)59-44-8-7-28-58-55(74)50-47(69)27-29-63(50)56(75)48(33(2)65)61-53(72)45(26-11-35-9-22-41(67)23-10-35)60-54(73)46-31-42(68)32-64(46)57(76)49(34(3)66)62-52(44)71/h9-10,12-25,33-34,42,44-50,65-69H,4-8,11,26-32H2,1-3H3,(H,58,74)(H,59,70)(H,60,73)(H,61,72)(H,62,71)/t33-,34-,42-,44+,45+,46+,47+,48+,49+,50+/m1/s1. The zero-order valence-corrected chi connectivity index (χ0v) is 43.6. The van der Waals surface area contributed by atoms with E-state index in [0.29, 0.717) is 12.2 Å². The minimum absolute atomic E-state index is 0.00511. The number of hydrogen-bond donors (Lipinski definition) is 10. The lowest BCUT2D eigenvalue weighted by molar-refractivity contribution is -0.146. The number of ether oxygens (including phenoxy) is 1. The van der Waals surface area contributed by atoms with E-state index in [0.717, 1.165) is 57.1 Å². The van der Waals surface area contributed by atoms with Gasteiger partial charge in [0, 0.05) is 31.6 Å². The molecule has 10 atom stereocenters. The van der Waals surface area contributed by atoms with Crippen molar-refractivity contribution in [3.8, 4) is 33.8 Å². The van der Waals surface area contributed by atoms with Crippen molar-refractivity contribution in [1.29, 1.82) is 0 Å². The molecule has 7 amide bonds. The molecule has 10 N–H and O–H groups in total. The van der Waals surface area contributed by atoms with Gasteiger partial charge in [-0.1, -0.05) is 80.4 Å². The van der Waals surface area contributed by atoms with Crippen LogP contribution in [0.25, 0.3) is 22.3 Å². The Labute approximate surface area is 447 Å². The molecular weight excluding hydrogens is 991 g/mol. The summed E-state index contributed by atoms with van der Waals surface area (Å²) in [5, 5.41) is 66.8. The minimum atomic E-state index is -1.70. The molecule has 3 aliphatic heterocycles. The van der Waals surface area contributed by atoms with Gasteiger partial charge < -0.3 is 66.7 Å². The third kappa shape index (κ3) is 14.8. The number of nitrogens with one attached hydrogen (secondary N) is 5. The zero-order valence-electron chi connectivity index (χ0n) is 43.6. The first-order valence-electron chi connectivity index (χ1n) is 26.5. The molecule has 3 heterocycles. The predicted octanol–water partition coefficient (Wildman–Crippen LogP) is 2.08. The number of phenols is 1. The van der Waals surface area contributed by atoms with E-state index in [2.05, 4.69) is 33.5 Å². The third-order valence-electron chi connectivity index (χ3n) is 14.3. The van der Waals surface area contributed by atoms with Crippen LogP contribution in [-0.4, -0.2) is 164 Å². The first kappa shape index (κ1) is 57.3. The van der Waals surface area contributed by atoms with Crippen molar-refractivity contribution in [2.75, 3.05) is 26.2 Å². The minimum Gasteiger partial charge on any atom is -0.508 e. The number of aryl methyl sites for hydroxylation is 1. The molecule has 0 spiro atoms. The molecule has 7 rings (SSSR count). The number of unbranched alkanes of at least 4 members (excludes halogenated alkanes) is 2. The third-order valence-corrected chi connectivity index (χ3v) is 14.3. The number of rotatable bonds is 14. The molecule has 412 valence electrons. The Morgan fingerprint density at radius 3 is 1.87 bits per heavy atom. The average molecular weight is 1060 g/mol. The summed E-state index contributed by atoms with van der Waals surface area (Å²) in [5.41, 5.74) is 4.58. The summed E-state index contributed by atoms with van der Waals surface area (Å²) in [7, 11) is 0. The van der Waals surface area contributed by atoms with Gasteiger partial charge in [0.05, 0.1) is 31.0 Å². The highest BCUT2D eigenvalue weighted by atomic mass is 16.5. The van der Waals surface area contributed by atoms with Crippen molar-refractivity contribution < 1.29 is 63.8 Å². The molecule has 4 aromatic carbocycles. The number of aliphatic hydroxyl groups is 4. The van der Waals surface area contributed by atoms with Gasteiger partial charge in [0.1, 0.15) is 47.8 Å². The Hall–Kier alpha value is -7.39. The summed E-state index contributed by atoms with van der Waals surface area (Å²) >= 11 is 0. The predicted molar refractivity (Wildman–Crippen MR) is 284 cm³/mol. The van der Waals surface area contributed by atoms with Crippen LogP contribution in [-0.2, 0) is 35.2 Å². The number of carbonyl (C=O) groups is 7. The van der Waals surface area contributed by atoms with E-state index in [9.17, 15) is 59.1 Å². The highest BCUT2D eigenvalue weighted by Gasteiger charge is 2.46. The molecule has 0 aliphatic carbocycles. The van der Waals surface area contributed by atoms with Crippen LogP contribution in [0.5, 0.6) is 11.5 Å². The first-order valence-corrected chi connectivity index (χ1v) is 26.5. The average Bonchev–Trinajstić information content (AvgIpc) is 4.03. The van der Waals surface area contributed by atoms with Gasteiger partial charge in [-0.15, -0.1) is 0 Å². The van der Waals surface area contributed by atoms with Crippen molar-refractivity contribution in [3.05, 3.63) is 108 Å². The van der Waals surface area contributed by atoms with Crippen molar-refractivity contribution >= 4 is 41.4 Å². The largest absolute Gasteiger partial charge is 0.508 e. The number of nitrogens with zero attached hydrogens (tertiary/aromatic N) is 2. The first-order chi connectivity index (χ1) is 36.9. The number of hydrogen-bond acceptors (Lipinski definition) is 13. The number of benzene rings is 4. The van der Waals surface area contributed by atoms with Gasteiger partial charge in [0.2, 0.25) is 35.4 Å². The maximum Gasteiger partial charge on any atom is 0.251 e. The van der Waals surface area contributed by atoms with E-state index in [1.165, 1.54) is 26.0 Å². The molecular formula is C57H71N7O13. The van der Waals surface area contributed by atoms with Gasteiger partial charge in [-0.2, -0.15) is 0 Å². The lowest BCUT2D eigenvalue weighted by Crippen LogP contribution is -2.62. The Bertz CT molecular complexity index is 2690. The monoisotopic (exact) mass is 1060 g/mol. The second-order valence-corrected chi connectivity index (χ2v) is 20.1. The Balaban J connectivity index is 1.11. The number of aromatic hydroxyl groups is 1. The fourth-order valence-corrected chi connectivity index (χ4v) is 9.89. The van der Waals surface area contributed by atoms with Crippen LogP contribution in [0.4, 0.5) is 0 Å². The zero-order chi connectivity index (χ0) is 55.3. The summed E-state index contributed by atoms with van der Waals surface area (Å²) in [4.78, 5) is 101. The van der Waals surface area contributed by atoms with E-state index < -0.39 is 102 Å². The molecule has 3 saturated heterocycles. The molecule has 0 unspecified atom stereocenters. The molecule has 3 fully saturated rings. The molecule has 0 saturated carbocycles. The molecule has 0 aromatic heterocycles. The van der Waals surface area contributed by atoms with Crippen LogP contribution < -0.4 is 31.3 Å². The molecule has 0 radical (unpaired) electrons. The van der Waals surface area contributed by atoms with Gasteiger partial charge >= 0.3 is 0 Å². The molecule has 20 heteroatoms. The molecule has 4 aromatic rings. The molecule has 20 nitrogen and oxygen atoms in total. The van der Waals surface area contributed by atoms with Gasteiger partial charge in [-0.25, -0.2) is 0 Å². The fourth-order valence-electron chi connectivity index (χ4n) is 9.89. The van der Waals surface area contributed by atoms with E-state index >= 15 is 0 Å². The molecule has 77 heavy (non-hydrogen) atoms. The van der Waals surface area contributed by atoms with Crippen molar-refractivity contribution in [3.63, 3.8) is 0 Å². The number of aliphatic hydroxyl groups excluding tert-OH is 4. The van der Waals surface area contributed by atoms with Crippen LogP contribution in [0, 0.1) is 0 Å². The maximum absolute atomic E-state index is 14.4. The van der Waals surface area contributed by atoms with Gasteiger partial charge in [-0.3, -0.25) is 33.6 Å². The lowest BCUT2D eigenvalue weighted by atomic mass is 9.99. The van der Waals surface area contributed by atoms with Gasteiger partial charge in [0.25, 0.3) is 5.91 Å². The normalized spacial score (nSPS) is 24.8. The molecule has 0 bridgehead atoms. The second-order valence-electron chi connectivity index (χ2n) is 20.1. The van der Waals surface area contributed by atoms with Crippen LogP contribution >= 0.6 is 0 Å². The number of fused-ring (bicyclic) bond motifs is 2. The number of carbonyl (C=O) groups excluding carboxylic acids is 7. The Kier molecular flexibility index (Phi) is 19.8. The summed E-state index contributed by atoms with van der Waals surface area (Å²) in [5.74, 6) is -5.12. The smallest absolute Gasteiger partial charge is 0.251 e. The van der Waals surface area contributed by atoms with E-state index in [1.54, 1.807) is 36.4 Å². The quantitative estimate of drug-likeness (QED) is 0.0811. The highest BCUT2D eigenvalue weighted by molar-refractivity contribution is 6.00. The lowest BCUT2D eigenvalue weighted by Gasteiger charge is -2.32. The summed E-state index contributed by atoms with van der Waals surface area (Å²) in [6.07, 6.45) is -2.71. The van der Waals surface area contributed by atoms with Gasteiger partial charge in [-0.05, 0) is 117 Å². The summed E-state index contributed by atoms with van der Waals surface area (Å²) < 4.78 is 5.86. The van der Waals surface area contributed by atoms with Crippen LogP contribution in [0.1, 0.15) is 88.1 Å². The number of amides is 7. The Morgan fingerprint density at radius 2 is 1.27 bits per heavy atom. The highest BCUT2D eigenvalue weighted by Crippen LogP contribution is 2.28. The van der Waals surface area contributed by atoms with E-state index in [-0.39, 0.29) is 69.5 Å². The molecule has 3 aliphatic rings. The summed E-state index contributed by atoms with van der Waals surface area (Å²) in [6.45, 7) is 4.71. The van der Waals surface area contributed by atoms with Crippen molar-refractivity contribution in [1.82, 2.24) is 36.4 Å². The fraction of sp³-hybridized carbons (Fsp3) is 0.456. The van der Waals surface area contributed by atoms with Crippen LogP contribution in [0.2, 0.25) is 0 Å². The topological polar surface area (TPSA) is 296 Å². The van der Waals surface area contributed by atoms with E-state index in [1.807, 2.05) is 48.5 Å². The SMILES string of the molecule is CCCCCOc1ccc(-c2ccc(-c3ccc(C(=O)N[C@H]4CCCNC(=O)[C@@H]5[C@@H](O)CCN5C(=O)[C@H]([C@@H](C)O)NC(=O)[C@H](CCc5ccc(O)cc5)NC(=O)[C@@H]5C[C@@H](O)CN5C(=O)[C@H]([C@@H](C)O)NC4=O)cc3)cc2)cc1.